The van der Waals surface area contributed by atoms with Crippen LogP contribution in [0.25, 0.3) is 0 Å². The molecule has 1 aromatic carbocycles. The molecule has 0 amide bonds. The minimum atomic E-state index is 0.225. The van der Waals surface area contributed by atoms with Crippen molar-refractivity contribution in [2.75, 3.05) is 11.9 Å². The number of rotatable bonds is 3. The van der Waals surface area contributed by atoms with Crippen LogP contribution in [0, 0.1) is 0 Å². The van der Waals surface area contributed by atoms with Crippen molar-refractivity contribution in [1.29, 1.82) is 0 Å². The van der Waals surface area contributed by atoms with Crippen LogP contribution < -0.4 is 5.32 Å². The molecule has 0 unspecified atom stereocenters. The molecule has 1 aliphatic heterocycles. The minimum absolute atomic E-state index is 0.225. The summed E-state index contributed by atoms with van der Waals surface area (Å²) in [6.45, 7) is 0.978. The summed E-state index contributed by atoms with van der Waals surface area (Å²) in [5, 5.41) is 12.0. The monoisotopic (exact) mass is 190 g/mol. The molecule has 1 aromatic rings. The van der Waals surface area contributed by atoms with Crippen molar-refractivity contribution in [2.45, 2.75) is 19.4 Å². The van der Waals surface area contributed by atoms with Gasteiger partial charge in [0.05, 0.1) is 6.54 Å². The summed E-state index contributed by atoms with van der Waals surface area (Å²) in [7, 11) is 0. The predicted octanol–water partition coefficient (Wildman–Crippen LogP) is 1.78. The molecule has 0 radical (unpaired) electrons. The smallest absolute Gasteiger partial charge is 0.101 e. The number of para-hydroxylation sites is 1. The average Bonchev–Trinajstić information content (AvgIpc) is 2.26. The molecule has 2 rings (SSSR count). The van der Waals surface area contributed by atoms with E-state index in [0.717, 1.165) is 30.9 Å². The lowest BCUT2D eigenvalue weighted by Crippen LogP contribution is -2.17. The third-order valence-corrected chi connectivity index (χ3v) is 2.31. The zero-order valence-electron chi connectivity index (χ0n) is 8.03. The number of nitrogens with zero attached hydrogens (tertiary/aromatic N) is 1. The lowest BCUT2D eigenvalue weighted by molar-refractivity contribution is 0.291. The molecule has 0 saturated carbocycles. The van der Waals surface area contributed by atoms with Gasteiger partial charge >= 0.3 is 0 Å². The average molecular weight is 190 g/mol. The summed E-state index contributed by atoms with van der Waals surface area (Å²) in [6.07, 6.45) is 1.60. The van der Waals surface area contributed by atoms with Crippen LogP contribution in [0.2, 0.25) is 0 Å². The Hall–Kier alpha value is -1.35. The third-order valence-electron chi connectivity index (χ3n) is 2.31. The first-order valence-corrected chi connectivity index (χ1v) is 4.89. The van der Waals surface area contributed by atoms with Crippen molar-refractivity contribution in [3.63, 3.8) is 0 Å². The first kappa shape index (κ1) is 9.21. The van der Waals surface area contributed by atoms with Gasteiger partial charge in [-0.25, -0.2) is 0 Å². The molecule has 1 heterocycles. The Bertz CT molecular complexity index is 347. The van der Waals surface area contributed by atoms with Crippen LogP contribution in [0.3, 0.4) is 0 Å². The van der Waals surface area contributed by atoms with E-state index >= 15 is 0 Å². The molecular formula is C11H14N2O. The zero-order valence-corrected chi connectivity index (χ0v) is 8.03. The van der Waals surface area contributed by atoms with Gasteiger partial charge in [-0.15, -0.1) is 0 Å². The lowest BCUT2D eigenvalue weighted by atomic mass is 10.1. The Morgan fingerprint density at radius 3 is 3.07 bits per heavy atom. The fraction of sp³-hybridized carbons (Fsp3) is 0.364. The number of benzene rings is 1. The fourth-order valence-electron chi connectivity index (χ4n) is 1.54. The molecule has 0 saturated heterocycles. The van der Waals surface area contributed by atoms with Gasteiger partial charge in [-0.3, -0.25) is 4.99 Å². The topological polar surface area (TPSA) is 44.6 Å². The van der Waals surface area contributed by atoms with E-state index in [2.05, 4.69) is 22.4 Å². The van der Waals surface area contributed by atoms with Gasteiger partial charge in [0.2, 0.25) is 0 Å². The Balaban J connectivity index is 2.05. The first-order chi connectivity index (χ1) is 6.90. The van der Waals surface area contributed by atoms with Gasteiger partial charge in [0.1, 0.15) is 5.84 Å². The molecule has 74 valence electrons. The van der Waals surface area contributed by atoms with Crippen LogP contribution in [0.5, 0.6) is 0 Å². The van der Waals surface area contributed by atoms with E-state index in [1.807, 2.05) is 12.1 Å². The fourth-order valence-corrected chi connectivity index (χ4v) is 1.54. The molecule has 0 fully saturated rings. The maximum absolute atomic E-state index is 8.71. The summed E-state index contributed by atoms with van der Waals surface area (Å²) < 4.78 is 0. The van der Waals surface area contributed by atoms with E-state index in [1.165, 1.54) is 5.56 Å². The number of hydrogen-bond donors (Lipinski definition) is 2. The second-order valence-electron chi connectivity index (χ2n) is 3.37. The number of anilines is 1. The van der Waals surface area contributed by atoms with Crippen molar-refractivity contribution in [3.8, 4) is 0 Å². The summed E-state index contributed by atoms with van der Waals surface area (Å²) in [5.74, 6) is 0.984. The first-order valence-electron chi connectivity index (χ1n) is 4.89. The van der Waals surface area contributed by atoms with Crippen LogP contribution in [-0.2, 0) is 6.54 Å². The lowest BCUT2D eigenvalue weighted by Gasteiger charge is -2.17. The molecule has 2 N–H and O–H groups in total. The quantitative estimate of drug-likeness (QED) is 0.763. The molecular weight excluding hydrogens is 176 g/mol. The normalized spacial score (nSPS) is 14.2. The zero-order chi connectivity index (χ0) is 9.80. The van der Waals surface area contributed by atoms with Gasteiger partial charge in [-0.2, -0.15) is 0 Å². The maximum Gasteiger partial charge on any atom is 0.101 e. The van der Waals surface area contributed by atoms with E-state index in [9.17, 15) is 0 Å². The van der Waals surface area contributed by atoms with Crippen molar-refractivity contribution >= 4 is 11.5 Å². The number of fused-ring (bicyclic) bond motifs is 1. The molecule has 0 bridgehead atoms. The van der Waals surface area contributed by atoms with Gasteiger partial charge < -0.3 is 10.4 Å². The molecule has 0 atom stereocenters. The van der Waals surface area contributed by atoms with Gasteiger partial charge in [-0.05, 0) is 18.1 Å². The van der Waals surface area contributed by atoms with E-state index in [4.69, 9.17) is 5.11 Å². The molecule has 0 spiro atoms. The molecule has 0 aliphatic carbocycles. The van der Waals surface area contributed by atoms with Gasteiger partial charge in [-0.1, -0.05) is 18.2 Å². The molecule has 14 heavy (non-hydrogen) atoms. The van der Waals surface area contributed by atoms with Gasteiger partial charge in [0.15, 0.2) is 0 Å². The van der Waals surface area contributed by atoms with Crippen molar-refractivity contribution < 1.29 is 5.11 Å². The molecule has 3 nitrogen and oxygen atoms in total. The number of hydrogen-bond acceptors (Lipinski definition) is 3. The highest BCUT2D eigenvalue weighted by molar-refractivity contribution is 5.97. The predicted molar refractivity (Wildman–Crippen MR) is 57.5 cm³/mol. The number of nitrogens with one attached hydrogen (secondary N) is 1. The Labute approximate surface area is 83.5 Å². The minimum Gasteiger partial charge on any atom is -0.396 e. The van der Waals surface area contributed by atoms with Gasteiger partial charge in [0.25, 0.3) is 0 Å². The van der Waals surface area contributed by atoms with Crippen LogP contribution in [0.15, 0.2) is 29.3 Å². The second-order valence-corrected chi connectivity index (χ2v) is 3.37. The van der Waals surface area contributed by atoms with Crippen LogP contribution in [0.1, 0.15) is 18.4 Å². The van der Waals surface area contributed by atoms with Crippen molar-refractivity contribution in [1.82, 2.24) is 0 Å². The maximum atomic E-state index is 8.71. The Morgan fingerprint density at radius 1 is 1.36 bits per heavy atom. The summed E-state index contributed by atoms with van der Waals surface area (Å²) in [4.78, 5) is 4.40. The summed E-state index contributed by atoms with van der Waals surface area (Å²) >= 11 is 0. The van der Waals surface area contributed by atoms with E-state index in [-0.39, 0.29) is 6.61 Å². The molecule has 3 heteroatoms. The number of aliphatic hydroxyl groups is 1. The van der Waals surface area contributed by atoms with Crippen molar-refractivity contribution in [2.24, 2.45) is 4.99 Å². The van der Waals surface area contributed by atoms with E-state index < -0.39 is 0 Å². The summed E-state index contributed by atoms with van der Waals surface area (Å²) in [5.41, 5.74) is 2.38. The highest BCUT2D eigenvalue weighted by Gasteiger charge is 2.09. The number of aliphatic hydroxyl groups excluding tert-OH is 1. The SMILES string of the molecule is OCCCC1=NCc2ccccc2N1. The van der Waals surface area contributed by atoms with Gasteiger partial charge in [0, 0.05) is 18.7 Å². The number of aliphatic imine (C=N–C) groups is 1. The molecule has 0 aromatic heterocycles. The highest BCUT2D eigenvalue weighted by Crippen LogP contribution is 2.20. The Morgan fingerprint density at radius 2 is 2.21 bits per heavy atom. The van der Waals surface area contributed by atoms with E-state index in [1.54, 1.807) is 0 Å². The standard InChI is InChI=1S/C11H14N2O/c14-7-3-6-11-12-8-9-4-1-2-5-10(9)13-11/h1-2,4-5,14H,3,6-8H2,(H,12,13). The van der Waals surface area contributed by atoms with Crippen LogP contribution in [0.4, 0.5) is 5.69 Å². The largest absolute Gasteiger partial charge is 0.396 e. The summed E-state index contributed by atoms with van der Waals surface area (Å²) in [6, 6.07) is 8.17. The van der Waals surface area contributed by atoms with Crippen LogP contribution in [-0.4, -0.2) is 17.5 Å². The molecule has 1 aliphatic rings. The van der Waals surface area contributed by atoms with Crippen molar-refractivity contribution in [3.05, 3.63) is 29.8 Å². The van der Waals surface area contributed by atoms with E-state index in [0.29, 0.717) is 0 Å². The van der Waals surface area contributed by atoms with Crippen LogP contribution >= 0.6 is 0 Å². The highest BCUT2D eigenvalue weighted by atomic mass is 16.2. The number of amidine groups is 1. The second kappa shape index (κ2) is 4.24. The third kappa shape index (κ3) is 1.93. The Kier molecular flexibility index (Phi) is 2.79.